The molecule has 1 aromatic carbocycles. The Morgan fingerprint density at radius 2 is 2.30 bits per heavy atom. The van der Waals surface area contributed by atoms with Crippen LogP contribution >= 0.6 is 35.6 Å². The van der Waals surface area contributed by atoms with Gasteiger partial charge in [-0.05, 0) is 29.7 Å². The van der Waals surface area contributed by atoms with Gasteiger partial charge in [0.05, 0.1) is 12.3 Å². The first-order valence-electron chi connectivity index (χ1n) is 8.83. The van der Waals surface area contributed by atoms with E-state index >= 15 is 0 Å². The molecule has 0 aliphatic carbocycles. The minimum Gasteiger partial charge on any atom is -0.375 e. The number of nitrogens with zero attached hydrogens (tertiary/aromatic N) is 4. The zero-order valence-electron chi connectivity index (χ0n) is 15.9. The van der Waals surface area contributed by atoms with E-state index in [-0.39, 0.29) is 30.1 Å². The summed E-state index contributed by atoms with van der Waals surface area (Å²) in [5.41, 5.74) is 2.34. The number of rotatable bonds is 5. The predicted octanol–water partition coefficient (Wildman–Crippen LogP) is 3.44. The smallest absolute Gasteiger partial charge is 0.193 e. The zero-order valence-corrected chi connectivity index (χ0v) is 19.0. The summed E-state index contributed by atoms with van der Waals surface area (Å²) < 4.78 is 7.50. The highest BCUT2D eigenvalue weighted by Gasteiger charge is 2.27. The number of hydrogen-bond acceptors (Lipinski definition) is 3. The fourth-order valence-corrected chi connectivity index (χ4v) is 3.63. The van der Waals surface area contributed by atoms with Gasteiger partial charge < -0.3 is 15.0 Å². The summed E-state index contributed by atoms with van der Waals surface area (Å²) >= 11 is 6.10. The highest BCUT2D eigenvalue weighted by molar-refractivity contribution is 14.0. The molecule has 0 spiro atoms. The van der Waals surface area contributed by atoms with Crippen LogP contribution in [0.3, 0.4) is 0 Å². The number of aromatic nitrogens is 2. The minimum absolute atomic E-state index is 0. The maximum absolute atomic E-state index is 6.10. The molecule has 148 valence electrons. The van der Waals surface area contributed by atoms with Crippen LogP contribution in [0.1, 0.15) is 29.6 Å². The molecule has 27 heavy (non-hydrogen) atoms. The standard InChI is InChI=1S/C19H26ClN5O.HI/c1-21-19(22-11-18(26-3)14-5-4-6-17(20)9-14)25-8-7-15(13-25)16-10-23-24(2)12-16;/h4-6,9-10,12,15,18H,7-8,11,13H2,1-3H3,(H,21,22);1H. The normalized spacial score (nSPS) is 18.3. The molecule has 2 heterocycles. The van der Waals surface area contributed by atoms with Crippen LogP contribution in [0.4, 0.5) is 0 Å². The first-order chi connectivity index (χ1) is 12.6. The topological polar surface area (TPSA) is 54.7 Å². The van der Waals surface area contributed by atoms with Gasteiger partial charge in [0.2, 0.25) is 0 Å². The summed E-state index contributed by atoms with van der Waals surface area (Å²) in [7, 11) is 5.49. The number of nitrogens with one attached hydrogen (secondary N) is 1. The Morgan fingerprint density at radius 3 is 2.93 bits per heavy atom. The second-order valence-corrected chi connectivity index (χ2v) is 7.02. The van der Waals surface area contributed by atoms with Gasteiger partial charge in [-0.15, -0.1) is 24.0 Å². The van der Waals surface area contributed by atoms with E-state index < -0.39 is 0 Å². The van der Waals surface area contributed by atoms with Gasteiger partial charge in [0, 0.05) is 58.0 Å². The number of hydrogen-bond donors (Lipinski definition) is 1. The zero-order chi connectivity index (χ0) is 18.5. The average molecular weight is 504 g/mol. The molecule has 0 radical (unpaired) electrons. The molecule has 1 saturated heterocycles. The molecule has 2 unspecified atom stereocenters. The lowest BCUT2D eigenvalue weighted by atomic mass is 10.0. The molecule has 1 fully saturated rings. The van der Waals surface area contributed by atoms with Crippen molar-refractivity contribution in [2.75, 3.05) is 33.8 Å². The highest BCUT2D eigenvalue weighted by Crippen LogP contribution is 2.27. The number of ether oxygens (including phenoxy) is 1. The summed E-state index contributed by atoms with van der Waals surface area (Å²) in [5, 5.41) is 8.45. The molecule has 0 saturated carbocycles. The quantitative estimate of drug-likeness (QED) is 0.386. The molecule has 1 aliphatic heterocycles. The van der Waals surface area contributed by atoms with Gasteiger partial charge in [0.1, 0.15) is 0 Å². The van der Waals surface area contributed by atoms with E-state index in [0.29, 0.717) is 17.5 Å². The molecular formula is C19H27ClIN5O. The van der Waals surface area contributed by atoms with Gasteiger partial charge in [-0.3, -0.25) is 9.67 Å². The van der Waals surface area contributed by atoms with Crippen LogP contribution in [0.15, 0.2) is 41.7 Å². The fourth-order valence-electron chi connectivity index (χ4n) is 3.44. The molecule has 0 bridgehead atoms. The van der Waals surface area contributed by atoms with E-state index in [1.807, 2.05) is 49.2 Å². The van der Waals surface area contributed by atoms with Gasteiger partial charge in [-0.1, -0.05) is 23.7 Å². The maximum Gasteiger partial charge on any atom is 0.193 e. The third kappa shape index (κ3) is 5.58. The Kier molecular flexibility index (Phi) is 8.37. The Bertz CT molecular complexity index is 766. The molecule has 8 heteroatoms. The molecule has 1 aromatic heterocycles. The van der Waals surface area contributed by atoms with Gasteiger partial charge >= 0.3 is 0 Å². The Morgan fingerprint density at radius 1 is 1.48 bits per heavy atom. The summed E-state index contributed by atoms with van der Waals surface area (Å²) in [6.45, 7) is 2.56. The third-order valence-corrected chi connectivity index (χ3v) is 5.08. The largest absolute Gasteiger partial charge is 0.375 e. The van der Waals surface area contributed by atoms with Crippen molar-refractivity contribution in [2.24, 2.45) is 12.0 Å². The van der Waals surface area contributed by atoms with E-state index in [0.717, 1.165) is 31.0 Å². The number of benzene rings is 1. The molecular weight excluding hydrogens is 477 g/mol. The first kappa shape index (κ1) is 22.0. The van der Waals surface area contributed by atoms with E-state index in [2.05, 4.69) is 26.5 Å². The van der Waals surface area contributed by atoms with Crippen LogP contribution in [0.2, 0.25) is 5.02 Å². The molecule has 1 N–H and O–H groups in total. The van der Waals surface area contributed by atoms with Gasteiger partial charge in [0.25, 0.3) is 0 Å². The highest BCUT2D eigenvalue weighted by atomic mass is 127. The maximum atomic E-state index is 6.10. The Hall–Kier alpha value is -1.32. The summed E-state index contributed by atoms with van der Waals surface area (Å²) in [6.07, 6.45) is 5.09. The number of likely N-dealkylation sites (tertiary alicyclic amines) is 1. The van der Waals surface area contributed by atoms with Crippen molar-refractivity contribution < 1.29 is 4.74 Å². The number of methoxy groups -OCH3 is 1. The predicted molar refractivity (Wildman–Crippen MR) is 120 cm³/mol. The van der Waals surface area contributed by atoms with Crippen molar-refractivity contribution in [2.45, 2.75) is 18.4 Å². The van der Waals surface area contributed by atoms with Crippen molar-refractivity contribution in [3.8, 4) is 0 Å². The van der Waals surface area contributed by atoms with Gasteiger partial charge in [-0.2, -0.15) is 5.10 Å². The van der Waals surface area contributed by atoms with Crippen LogP contribution in [0.5, 0.6) is 0 Å². The first-order valence-corrected chi connectivity index (χ1v) is 9.21. The van der Waals surface area contributed by atoms with Crippen LogP contribution in [0.25, 0.3) is 0 Å². The van der Waals surface area contributed by atoms with Gasteiger partial charge in [0.15, 0.2) is 5.96 Å². The lowest BCUT2D eigenvalue weighted by molar-refractivity contribution is 0.106. The third-order valence-electron chi connectivity index (χ3n) is 4.85. The second-order valence-electron chi connectivity index (χ2n) is 6.59. The van der Waals surface area contributed by atoms with Crippen LogP contribution in [-0.4, -0.2) is 54.4 Å². The average Bonchev–Trinajstić information content (AvgIpc) is 3.28. The SMILES string of the molecule is CN=C(NCC(OC)c1cccc(Cl)c1)N1CCC(c2cnn(C)c2)C1.I. The number of halogens is 2. The van der Waals surface area contributed by atoms with E-state index in [9.17, 15) is 0 Å². The molecule has 1 aliphatic rings. The number of guanidine groups is 1. The monoisotopic (exact) mass is 503 g/mol. The molecule has 0 amide bonds. The van der Waals surface area contributed by atoms with Crippen LogP contribution in [-0.2, 0) is 11.8 Å². The van der Waals surface area contributed by atoms with E-state index in [1.54, 1.807) is 7.11 Å². The van der Waals surface area contributed by atoms with Crippen LogP contribution in [0, 0.1) is 0 Å². The van der Waals surface area contributed by atoms with Crippen molar-refractivity contribution in [1.29, 1.82) is 0 Å². The van der Waals surface area contributed by atoms with Crippen molar-refractivity contribution >= 4 is 41.5 Å². The number of aliphatic imine (C=N–C) groups is 1. The molecule has 2 atom stereocenters. The van der Waals surface area contributed by atoms with Gasteiger partial charge in [-0.25, -0.2) is 0 Å². The lowest BCUT2D eigenvalue weighted by Crippen LogP contribution is -2.41. The van der Waals surface area contributed by atoms with Crippen molar-refractivity contribution in [1.82, 2.24) is 20.0 Å². The Labute approximate surface area is 183 Å². The van der Waals surface area contributed by atoms with E-state index in [1.165, 1.54) is 5.56 Å². The van der Waals surface area contributed by atoms with Crippen LogP contribution < -0.4 is 5.32 Å². The fraction of sp³-hybridized carbons (Fsp3) is 0.474. The summed E-state index contributed by atoms with van der Waals surface area (Å²) in [6, 6.07) is 7.78. The van der Waals surface area contributed by atoms with Crippen molar-refractivity contribution in [3.63, 3.8) is 0 Å². The lowest BCUT2D eigenvalue weighted by Gasteiger charge is -2.24. The molecule has 2 aromatic rings. The number of aryl methyl sites for hydroxylation is 1. The summed E-state index contributed by atoms with van der Waals surface area (Å²) in [5.74, 6) is 1.40. The van der Waals surface area contributed by atoms with Crippen molar-refractivity contribution in [3.05, 3.63) is 52.8 Å². The Balaban J connectivity index is 0.00000261. The minimum atomic E-state index is -0.0813. The molecule has 3 rings (SSSR count). The second kappa shape index (κ2) is 10.3. The summed E-state index contributed by atoms with van der Waals surface area (Å²) in [4.78, 5) is 6.74. The van der Waals surface area contributed by atoms with E-state index in [4.69, 9.17) is 16.3 Å². The molecule has 6 nitrogen and oxygen atoms in total.